The first kappa shape index (κ1) is 12.1. The van der Waals surface area contributed by atoms with Crippen molar-refractivity contribution in [1.29, 1.82) is 0 Å². The second-order valence-electron chi connectivity index (χ2n) is 2.86. The number of rotatable bonds is 3. The van der Waals surface area contributed by atoms with E-state index in [-0.39, 0.29) is 51.4 Å². The normalized spacial score (nSPS) is 15.0. The molecule has 0 aliphatic heterocycles. The minimum absolute atomic E-state index is 0. The van der Waals surface area contributed by atoms with Gasteiger partial charge < -0.3 is 4.90 Å². The molecule has 0 saturated carbocycles. The summed E-state index contributed by atoms with van der Waals surface area (Å²) in [6, 6.07) is 0. The molecule has 0 atom stereocenters. The van der Waals surface area contributed by atoms with Crippen molar-refractivity contribution in [2.75, 3.05) is 20.6 Å². The van der Waals surface area contributed by atoms with Crippen LogP contribution in [-0.2, 0) is 0 Å². The summed E-state index contributed by atoms with van der Waals surface area (Å²) in [6.45, 7) is 1.13. The fraction of sp³-hybridized carbons (Fsp3) is 0.556. The summed E-state index contributed by atoms with van der Waals surface area (Å²) in [5, 5.41) is 0. The van der Waals surface area contributed by atoms with Crippen molar-refractivity contribution in [1.82, 2.24) is 4.90 Å². The van der Waals surface area contributed by atoms with E-state index in [4.69, 9.17) is 0 Å². The Balaban J connectivity index is 0.000001000. The Hall–Kier alpha value is 1.08. The predicted molar refractivity (Wildman–Crippen MR) is 43.7 cm³/mol. The van der Waals surface area contributed by atoms with Gasteiger partial charge in [0.2, 0.25) is 0 Å². The average molecular weight is 175 g/mol. The van der Waals surface area contributed by atoms with Gasteiger partial charge in [0, 0.05) is 0 Å². The zero-order chi connectivity index (χ0) is 7.40. The van der Waals surface area contributed by atoms with Crippen LogP contribution in [-0.4, -0.2) is 25.5 Å². The van der Waals surface area contributed by atoms with Gasteiger partial charge >= 0.3 is 51.4 Å². The molecule has 1 aliphatic carbocycles. The zero-order valence-corrected chi connectivity index (χ0v) is 10.8. The van der Waals surface area contributed by atoms with Gasteiger partial charge in [0.15, 0.2) is 0 Å². The van der Waals surface area contributed by atoms with E-state index < -0.39 is 0 Å². The Kier molecular flexibility index (Phi) is 7.22. The van der Waals surface area contributed by atoms with Gasteiger partial charge in [-0.3, -0.25) is 6.08 Å². The molecule has 0 aromatic heterocycles. The van der Waals surface area contributed by atoms with Crippen LogP contribution in [0.15, 0.2) is 17.7 Å². The number of allylic oxidation sites excluding steroid dienone is 3. The fourth-order valence-corrected chi connectivity index (χ4v) is 0.966. The molecule has 0 aromatic carbocycles. The molecular weight excluding hydrogens is 161 g/mol. The molecule has 0 heterocycles. The first-order valence-electron chi connectivity index (χ1n) is 3.70. The van der Waals surface area contributed by atoms with Gasteiger partial charge in [0.1, 0.15) is 0 Å². The van der Waals surface area contributed by atoms with Crippen LogP contribution >= 0.6 is 0 Å². The van der Waals surface area contributed by atoms with E-state index >= 15 is 0 Å². The molecule has 1 nitrogen and oxygen atoms in total. The predicted octanol–water partition coefficient (Wildman–Crippen LogP) is -1.37. The van der Waals surface area contributed by atoms with Gasteiger partial charge in [-0.2, -0.15) is 6.08 Å². The molecule has 11 heavy (non-hydrogen) atoms. The number of nitrogens with zero attached hydrogens (tertiary/aromatic N) is 1. The first-order chi connectivity index (χ1) is 4.79. The molecule has 0 fully saturated rings. The third-order valence-electron chi connectivity index (χ3n) is 1.59. The van der Waals surface area contributed by atoms with Crippen molar-refractivity contribution < 1.29 is 51.4 Å². The number of hydrogen-bond acceptors (Lipinski definition) is 1. The van der Waals surface area contributed by atoms with Crippen molar-refractivity contribution in [3.63, 3.8) is 0 Å². The van der Waals surface area contributed by atoms with E-state index in [1.54, 1.807) is 0 Å². The van der Waals surface area contributed by atoms with Gasteiger partial charge in [0.25, 0.3) is 0 Å². The number of hydrogen-bond donors (Lipinski definition) is 0. The smallest absolute Gasteiger partial charge is 0.309 e. The standard InChI is InChI=1S/C9H14N.K/c1-10(2)8-7-9-5-3-4-6-9;/h3,5H,4,7-8H2,1-2H3;/q-1;+1. The van der Waals surface area contributed by atoms with Crippen molar-refractivity contribution in [2.45, 2.75) is 12.8 Å². The van der Waals surface area contributed by atoms with Crippen LogP contribution in [0.4, 0.5) is 0 Å². The van der Waals surface area contributed by atoms with Crippen LogP contribution in [0.5, 0.6) is 0 Å². The van der Waals surface area contributed by atoms with E-state index in [9.17, 15) is 0 Å². The molecule has 0 unspecified atom stereocenters. The molecule has 0 radical (unpaired) electrons. The second kappa shape index (κ2) is 6.58. The summed E-state index contributed by atoms with van der Waals surface area (Å²) in [4.78, 5) is 2.20. The Labute approximate surface area is 112 Å². The topological polar surface area (TPSA) is 3.24 Å². The second-order valence-corrected chi connectivity index (χ2v) is 2.86. The molecular formula is C9H14KN. The molecule has 2 heteroatoms. The molecule has 0 N–H and O–H groups in total. The molecule has 0 spiro atoms. The van der Waals surface area contributed by atoms with E-state index in [0.29, 0.717) is 0 Å². The van der Waals surface area contributed by atoms with E-state index in [1.807, 2.05) is 0 Å². The van der Waals surface area contributed by atoms with Crippen LogP contribution in [0.25, 0.3) is 0 Å². The monoisotopic (exact) mass is 175 g/mol. The average Bonchev–Trinajstić information content (AvgIpc) is 2.34. The summed E-state index contributed by atoms with van der Waals surface area (Å²) < 4.78 is 0. The van der Waals surface area contributed by atoms with Crippen LogP contribution in [0, 0.1) is 6.08 Å². The van der Waals surface area contributed by atoms with Gasteiger partial charge in [-0.15, -0.1) is 6.42 Å². The summed E-state index contributed by atoms with van der Waals surface area (Å²) in [6.07, 6.45) is 9.78. The van der Waals surface area contributed by atoms with Crippen LogP contribution in [0.1, 0.15) is 12.8 Å². The van der Waals surface area contributed by atoms with Crippen molar-refractivity contribution in [3.05, 3.63) is 23.8 Å². The quantitative estimate of drug-likeness (QED) is 0.378. The van der Waals surface area contributed by atoms with Crippen LogP contribution < -0.4 is 51.4 Å². The van der Waals surface area contributed by atoms with Gasteiger partial charge in [-0.1, -0.05) is 0 Å². The Morgan fingerprint density at radius 3 is 2.73 bits per heavy atom. The van der Waals surface area contributed by atoms with E-state index in [1.165, 1.54) is 5.57 Å². The fourth-order valence-electron chi connectivity index (χ4n) is 0.966. The largest absolute Gasteiger partial charge is 1.00 e. The maximum absolute atomic E-state index is 3.29. The van der Waals surface area contributed by atoms with Crippen molar-refractivity contribution in [2.24, 2.45) is 0 Å². The molecule has 0 amide bonds. The maximum Gasteiger partial charge on any atom is 1.00 e. The summed E-state index contributed by atoms with van der Waals surface area (Å²) in [5.41, 5.74) is 1.37. The van der Waals surface area contributed by atoms with E-state index in [0.717, 1.165) is 19.4 Å². The molecule has 0 saturated heterocycles. The summed E-state index contributed by atoms with van der Waals surface area (Å²) in [5.74, 6) is 0. The Morgan fingerprint density at radius 1 is 1.55 bits per heavy atom. The SMILES string of the molecule is CN(C)CCC1=[C-]CC=C1.[K+]. The van der Waals surface area contributed by atoms with Gasteiger partial charge in [-0.05, 0) is 27.1 Å². The maximum atomic E-state index is 3.29. The molecule has 56 valence electrons. The minimum Gasteiger partial charge on any atom is -0.309 e. The van der Waals surface area contributed by atoms with Crippen molar-refractivity contribution >= 4 is 0 Å². The van der Waals surface area contributed by atoms with Crippen molar-refractivity contribution in [3.8, 4) is 0 Å². The molecule has 0 bridgehead atoms. The molecule has 1 aliphatic rings. The van der Waals surface area contributed by atoms with Gasteiger partial charge in [0.05, 0.1) is 0 Å². The zero-order valence-electron chi connectivity index (χ0n) is 7.72. The molecule has 0 aromatic rings. The summed E-state index contributed by atoms with van der Waals surface area (Å²) in [7, 11) is 4.19. The molecule has 1 rings (SSSR count). The third kappa shape index (κ3) is 5.34. The van der Waals surface area contributed by atoms with Gasteiger partial charge in [-0.25, -0.2) is 11.6 Å². The first-order valence-corrected chi connectivity index (χ1v) is 3.70. The minimum atomic E-state index is 0. The van der Waals surface area contributed by atoms with E-state index in [2.05, 4.69) is 37.2 Å². The summed E-state index contributed by atoms with van der Waals surface area (Å²) >= 11 is 0. The Morgan fingerprint density at radius 2 is 2.27 bits per heavy atom. The van der Waals surface area contributed by atoms with Crippen LogP contribution in [0.2, 0.25) is 0 Å². The Bertz CT molecular complexity index is 159. The third-order valence-corrected chi connectivity index (χ3v) is 1.59. The van der Waals surface area contributed by atoms with Crippen LogP contribution in [0.3, 0.4) is 0 Å².